The van der Waals surface area contributed by atoms with Crippen LogP contribution in [-0.4, -0.2) is 10.6 Å². The van der Waals surface area contributed by atoms with E-state index in [2.05, 4.69) is 4.99 Å². The summed E-state index contributed by atoms with van der Waals surface area (Å²) in [6.07, 6.45) is 1.75. The fourth-order valence-electron chi connectivity index (χ4n) is 0.246. The van der Waals surface area contributed by atoms with E-state index in [1.807, 2.05) is 6.92 Å². The van der Waals surface area contributed by atoms with Gasteiger partial charge in [0.1, 0.15) is 0 Å². The Kier molecular flexibility index (Phi) is 3.62. The molecule has 0 heterocycles. The van der Waals surface area contributed by atoms with Crippen LogP contribution in [0.15, 0.2) is 16.9 Å². The zero-order valence-electron chi connectivity index (χ0n) is 4.59. The molecule has 44 valence electrons. The van der Waals surface area contributed by atoms with E-state index in [0.29, 0.717) is 5.82 Å². The average molecular weight is 279 g/mol. The molecule has 0 aliphatic rings. The summed E-state index contributed by atoms with van der Waals surface area (Å²) in [4.78, 5) is 3.26. The number of nitrogens with zero attached hydrogens (tertiary/aromatic N) is 1. The van der Waals surface area contributed by atoms with Crippen LogP contribution in [0.2, 0.25) is 0 Å². The third-order valence-electron chi connectivity index (χ3n) is 0.500. The molecule has 0 aromatic rings. The topological polar surface area (TPSA) is 38.4 Å². The van der Waals surface area contributed by atoms with Crippen molar-refractivity contribution in [3.63, 3.8) is 0 Å². The molecule has 0 rings (SSSR count). The van der Waals surface area contributed by atoms with Crippen molar-refractivity contribution >= 4 is 10.6 Å². The first-order valence-corrected chi connectivity index (χ1v) is 3.52. The molecule has 8 heavy (non-hydrogen) atoms. The van der Waals surface area contributed by atoms with Gasteiger partial charge in [0, 0.05) is 0 Å². The second kappa shape index (κ2) is 3.73. The molecule has 0 bridgehead atoms. The number of nitrogens with two attached hydrogens (primary N) is 1. The molecule has 2 N–H and O–H groups in total. The number of hydrogen-bond donors (Lipinski definition) is 1. The molecule has 0 aromatic carbocycles. The minimum atomic E-state index is 0.387. The Bertz CT molecular complexity index is 137. The quantitative estimate of drug-likeness (QED) is 0.565. The summed E-state index contributed by atoms with van der Waals surface area (Å²) in [5.74, 6) is 0.387. The summed E-state index contributed by atoms with van der Waals surface area (Å²) in [6, 6.07) is 0. The molecular weight excluding hydrogens is 272 g/mol. The van der Waals surface area contributed by atoms with E-state index in [4.69, 9.17) is 12.5 Å². The van der Waals surface area contributed by atoms with Crippen LogP contribution in [0, 0.1) is 0 Å². The molecule has 0 fully saturated rings. The van der Waals surface area contributed by atoms with Crippen LogP contribution >= 0.6 is 0 Å². The number of aliphatic imine (C=N–C) groups is 1. The van der Waals surface area contributed by atoms with Crippen molar-refractivity contribution in [3.05, 3.63) is 11.9 Å². The summed E-state index contributed by atoms with van der Waals surface area (Å²) in [5.41, 5.74) is 5.24. The molecule has 0 aliphatic heterocycles. The molecular formula is C5H7N2W-. The minimum absolute atomic E-state index is 0.387. The maximum atomic E-state index is 5.24. The summed E-state index contributed by atoms with van der Waals surface area (Å²) in [5, 5.41) is 0. The average Bonchev–Trinajstić information content (AvgIpc) is 1.65. The Balaban J connectivity index is 3.94. The van der Waals surface area contributed by atoms with Gasteiger partial charge in [-0.15, -0.1) is 0 Å². The maximum absolute atomic E-state index is 5.24. The van der Waals surface area contributed by atoms with E-state index in [9.17, 15) is 0 Å². The molecule has 0 radical (unpaired) electrons. The van der Waals surface area contributed by atoms with Gasteiger partial charge in [0.25, 0.3) is 0 Å². The summed E-state index contributed by atoms with van der Waals surface area (Å²) >= 11 is 1.38. The van der Waals surface area contributed by atoms with Gasteiger partial charge in [-0.3, -0.25) is 0 Å². The molecule has 0 unspecified atom stereocenters. The third-order valence-corrected chi connectivity index (χ3v) is 0.924. The monoisotopic (exact) mass is 279 g/mol. The van der Waals surface area contributed by atoms with E-state index in [0.717, 1.165) is 0 Å². The summed E-state index contributed by atoms with van der Waals surface area (Å²) in [7, 11) is 0. The van der Waals surface area contributed by atoms with Gasteiger partial charge < -0.3 is 0 Å². The Morgan fingerprint density at radius 3 is 2.50 bits per heavy atom. The van der Waals surface area contributed by atoms with Gasteiger partial charge in [-0.05, 0) is 0 Å². The van der Waals surface area contributed by atoms with Gasteiger partial charge in [0.05, 0.1) is 0 Å². The number of hydrogen-bond acceptors (Lipinski definition) is 2. The van der Waals surface area contributed by atoms with E-state index in [1.165, 1.54) is 23.3 Å². The van der Waals surface area contributed by atoms with E-state index in [1.54, 1.807) is 6.08 Å². The predicted molar refractivity (Wildman–Crippen MR) is 31.4 cm³/mol. The molecule has 0 aliphatic carbocycles. The van der Waals surface area contributed by atoms with E-state index >= 15 is 0 Å². The predicted octanol–water partition coefficient (Wildman–Crippen LogP) is 0.103. The van der Waals surface area contributed by atoms with Gasteiger partial charge in [0.15, 0.2) is 0 Å². The van der Waals surface area contributed by atoms with Crippen molar-refractivity contribution < 1.29 is 19.4 Å². The molecule has 0 saturated heterocycles. The van der Waals surface area contributed by atoms with Crippen LogP contribution in [0.4, 0.5) is 0 Å². The zero-order valence-corrected chi connectivity index (χ0v) is 7.52. The Morgan fingerprint density at radius 2 is 2.38 bits per heavy atom. The van der Waals surface area contributed by atoms with Gasteiger partial charge in [-0.2, -0.15) is 0 Å². The van der Waals surface area contributed by atoms with Gasteiger partial charge >= 0.3 is 59.5 Å². The zero-order chi connectivity index (χ0) is 6.57. The first kappa shape index (κ1) is 7.77. The van der Waals surface area contributed by atoms with Crippen LogP contribution in [0.25, 0.3) is 0 Å². The van der Waals surface area contributed by atoms with Crippen molar-refractivity contribution in [3.8, 4) is 0 Å². The number of allylic oxidation sites excluding steroid dienone is 1. The Labute approximate surface area is 59.9 Å². The van der Waals surface area contributed by atoms with E-state index in [-0.39, 0.29) is 0 Å². The first-order valence-electron chi connectivity index (χ1n) is 2.05. The second-order valence-electron chi connectivity index (χ2n) is 1.31. The molecule has 0 aromatic heterocycles. The van der Waals surface area contributed by atoms with Gasteiger partial charge in [0.2, 0.25) is 0 Å². The van der Waals surface area contributed by atoms with Crippen LogP contribution in [0.1, 0.15) is 6.92 Å². The van der Waals surface area contributed by atoms with Crippen molar-refractivity contribution in [2.24, 2.45) is 10.7 Å². The molecule has 3 heteroatoms. The van der Waals surface area contributed by atoms with Gasteiger partial charge in [-0.1, -0.05) is 0 Å². The molecule has 0 amide bonds. The molecule has 0 saturated carbocycles. The van der Waals surface area contributed by atoms with Crippen molar-refractivity contribution in [1.82, 2.24) is 0 Å². The SMILES string of the molecule is [CH-]=N/C(N)=C\[C](C)=[W]. The fourth-order valence-corrected chi connectivity index (χ4v) is 0.679. The third kappa shape index (κ3) is 3.94. The van der Waals surface area contributed by atoms with Gasteiger partial charge in [-0.25, -0.2) is 0 Å². The molecule has 0 spiro atoms. The molecule has 0 atom stereocenters. The Morgan fingerprint density at radius 1 is 1.88 bits per heavy atom. The van der Waals surface area contributed by atoms with Crippen molar-refractivity contribution in [2.45, 2.75) is 6.92 Å². The summed E-state index contributed by atoms with van der Waals surface area (Å²) in [6.45, 7) is 6.81. The van der Waals surface area contributed by atoms with Crippen molar-refractivity contribution in [1.29, 1.82) is 0 Å². The summed E-state index contributed by atoms with van der Waals surface area (Å²) < 4.78 is 1.18. The van der Waals surface area contributed by atoms with Crippen LogP contribution in [0.3, 0.4) is 0 Å². The van der Waals surface area contributed by atoms with Crippen LogP contribution in [-0.2, 0) is 19.4 Å². The van der Waals surface area contributed by atoms with E-state index < -0.39 is 0 Å². The number of rotatable bonds is 2. The van der Waals surface area contributed by atoms with Crippen LogP contribution < -0.4 is 5.73 Å². The standard InChI is InChI=1S/C5H7N2.W/c1-3-4-5(6)7-2;/h2,4H,6H2,1H3;/q-1;/b5-4-;. The molecule has 2 nitrogen and oxygen atoms in total. The Hall–Kier alpha value is -0.232. The normalized spacial score (nSPS) is 10.9. The van der Waals surface area contributed by atoms with Crippen LogP contribution in [0.5, 0.6) is 0 Å². The second-order valence-corrected chi connectivity index (χ2v) is 3.62. The fraction of sp³-hybridized carbons (Fsp3) is 0.200. The first-order chi connectivity index (χ1) is 3.66. The van der Waals surface area contributed by atoms with Crippen molar-refractivity contribution in [2.75, 3.05) is 0 Å².